The lowest BCUT2D eigenvalue weighted by Gasteiger charge is -2.19. The molecule has 1 aliphatic rings. The van der Waals surface area contributed by atoms with Crippen molar-refractivity contribution in [3.8, 4) is 5.75 Å². The van der Waals surface area contributed by atoms with Gasteiger partial charge in [0.25, 0.3) is 0 Å². The van der Waals surface area contributed by atoms with E-state index in [1.54, 1.807) is 29.2 Å². The van der Waals surface area contributed by atoms with Gasteiger partial charge < -0.3 is 9.64 Å². The summed E-state index contributed by atoms with van der Waals surface area (Å²) in [6.45, 7) is 2.32. The molecule has 128 valence electrons. The molecule has 5 nitrogen and oxygen atoms in total. The Morgan fingerprint density at radius 3 is 2.68 bits per heavy atom. The average molecular weight is 337 g/mol. The summed E-state index contributed by atoms with van der Waals surface area (Å²) < 4.78 is 5.36. The Morgan fingerprint density at radius 1 is 1.20 bits per heavy atom. The number of carbonyl (C=O) groups excluding carboxylic acids is 3. The van der Waals surface area contributed by atoms with Gasteiger partial charge in [-0.1, -0.05) is 37.3 Å². The quantitative estimate of drug-likeness (QED) is 0.478. The van der Waals surface area contributed by atoms with E-state index >= 15 is 0 Å². The predicted octanol–water partition coefficient (Wildman–Crippen LogP) is 3.02. The van der Waals surface area contributed by atoms with Crippen LogP contribution in [0.25, 0.3) is 0 Å². The summed E-state index contributed by atoms with van der Waals surface area (Å²) in [7, 11) is 0. The number of ether oxygens (including phenoxy) is 1. The Morgan fingerprint density at radius 2 is 1.92 bits per heavy atom. The number of amides is 1. The van der Waals surface area contributed by atoms with Gasteiger partial charge in [-0.2, -0.15) is 0 Å². The number of carbonyl (C=O) groups is 3. The molecule has 25 heavy (non-hydrogen) atoms. The zero-order valence-electron chi connectivity index (χ0n) is 14.0. The van der Waals surface area contributed by atoms with Crippen LogP contribution in [0.1, 0.15) is 29.3 Å². The summed E-state index contributed by atoms with van der Waals surface area (Å²) in [4.78, 5) is 37.5. The van der Waals surface area contributed by atoms with E-state index in [9.17, 15) is 14.4 Å². The molecule has 0 saturated carbocycles. The van der Waals surface area contributed by atoms with Gasteiger partial charge in [0.2, 0.25) is 5.91 Å². The molecule has 0 aliphatic carbocycles. The van der Waals surface area contributed by atoms with Gasteiger partial charge in [0.1, 0.15) is 5.75 Å². The summed E-state index contributed by atoms with van der Waals surface area (Å²) >= 11 is 0. The summed E-state index contributed by atoms with van der Waals surface area (Å²) in [5.41, 5.74) is 2.23. The van der Waals surface area contributed by atoms with Crippen molar-refractivity contribution in [3.05, 3.63) is 59.7 Å². The minimum Gasteiger partial charge on any atom is -0.425 e. The first-order chi connectivity index (χ1) is 12.1. The van der Waals surface area contributed by atoms with Crippen LogP contribution < -0.4 is 9.64 Å². The van der Waals surface area contributed by atoms with Crippen LogP contribution >= 0.6 is 0 Å². The van der Waals surface area contributed by atoms with Gasteiger partial charge >= 0.3 is 5.97 Å². The lowest BCUT2D eigenvalue weighted by molar-refractivity contribution is -0.139. The Balaban J connectivity index is 1.76. The molecule has 0 bridgehead atoms. The number of anilines is 1. The highest BCUT2D eigenvalue weighted by Crippen LogP contribution is 2.29. The average Bonchev–Trinajstić information content (AvgIpc) is 3.03. The monoisotopic (exact) mass is 337 g/mol. The van der Waals surface area contributed by atoms with Gasteiger partial charge in [-0.3, -0.25) is 14.4 Å². The minimum atomic E-state index is -0.544. The molecule has 2 aromatic carbocycles. The highest BCUT2D eigenvalue weighted by Gasteiger charge is 2.37. The highest BCUT2D eigenvalue weighted by molar-refractivity contribution is 6.00. The molecule has 1 atom stereocenters. The van der Waals surface area contributed by atoms with E-state index in [1.807, 2.05) is 31.2 Å². The fourth-order valence-electron chi connectivity index (χ4n) is 3.03. The van der Waals surface area contributed by atoms with Crippen LogP contribution in [0.2, 0.25) is 0 Å². The predicted molar refractivity (Wildman–Crippen MR) is 93.7 cm³/mol. The van der Waals surface area contributed by atoms with Crippen LogP contribution in [0, 0.1) is 5.92 Å². The Labute approximate surface area is 146 Å². The second-order valence-corrected chi connectivity index (χ2v) is 5.96. The molecule has 1 amide bonds. The van der Waals surface area contributed by atoms with Crippen molar-refractivity contribution in [3.63, 3.8) is 0 Å². The second kappa shape index (κ2) is 7.30. The normalized spacial score (nSPS) is 16.8. The van der Waals surface area contributed by atoms with Gasteiger partial charge in [-0.25, -0.2) is 0 Å². The number of hydrogen-bond acceptors (Lipinski definition) is 4. The number of rotatable bonds is 5. The molecule has 1 saturated heterocycles. The standard InChI is InChI=1S/C20H19NO4/c1-2-14-7-3-5-9-17(14)21-12-16(11-19(21)23)20(24)25-18-10-6-4-8-15(18)13-22/h3-10,13,16H,2,11-12H2,1H3/t16-/m1/s1. The number of benzene rings is 2. The Kier molecular flexibility index (Phi) is 4.93. The molecular weight excluding hydrogens is 318 g/mol. The van der Waals surface area contributed by atoms with Gasteiger partial charge in [0.05, 0.1) is 11.5 Å². The first kappa shape index (κ1) is 16.9. The maximum absolute atomic E-state index is 12.4. The number of aldehydes is 1. The lowest BCUT2D eigenvalue weighted by Crippen LogP contribution is -2.28. The Bertz CT molecular complexity index is 815. The molecule has 0 radical (unpaired) electrons. The van der Waals surface area contributed by atoms with Crippen LogP contribution in [0.4, 0.5) is 5.69 Å². The van der Waals surface area contributed by atoms with Gasteiger partial charge in [-0.05, 0) is 30.2 Å². The summed E-state index contributed by atoms with van der Waals surface area (Å²) in [5.74, 6) is -0.898. The first-order valence-corrected chi connectivity index (χ1v) is 8.28. The van der Waals surface area contributed by atoms with E-state index in [2.05, 4.69) is 0 Å². The SMILES string of the molecule is CCc1ccccc1N1C[C@H](C(=O)Oc2ccccc2C=O)CC1=O. The third-order valence-electron chi connectivity index (χ3n) is 4.38. The van der Waals surface area contributed by atoms with E-state index in [1.165, 1.54) is 0 Å². The van der Waals surface area contributed by atoms with Gasteiger partial charge in [0, 0.05) is 18.7 Å². The summed E-state index contributed by atoms with van der Waals surface area (Å²) in [6, 6.07) is 14.2. The largest absolute Gasteiger partial charge is 0.425 e. The molecule has 5 heteroatoms. The molecule has 0 N–H and O–H groups in total. The molecule has 1 heterocycles. The van der Waals surface area contributed by atoms with E-state index in [4.69, 9.17) is 4.74 Å². The second-order valence-electron chi connectivity index (χ2n) is 5.96. The highest BCUT2D eigenvalue weighted by atomic mass is 16.5. The maximum Gasteiger partial charge on any atom is 0.316 e. The number of hydrogen-bond donors (Lipinski definition) is 0. The number of esters is 1. The topological polar surface area (TPSA) is 63.7 Å². The summed E-state index contributed by atoms with van der Waals surface area (Å²) in [6.07, 6.45) is 1.56. The van der Waals surface area contributed by atoms with E-state index < -0.39 is 11.9 Å². The van der Waals surface area contributed by atoms with E-state index in [-0.39, 0.29) is 24.6 Å². The number of aryl methyl sites for hydroxylation is 1. The molecule has 1 fully saturated rings. The van der Waals surface area contributed by atoms with Crippen LogP contribution in [-0.4, -0.2) is 24.7 Å². The van der Waals surface area contributed by atoms with Crippen LogP contribution in [0.3, 0.4) is 0 Å². The van der Waals surface area contributed by atoms with Gasteiger partial charge in [0.15, 0.2) is 6.29 Å². The lowest BCUT2D eigenvalue weighted by atomic mass is 10.1. The number of nitrogens with zero attached hydrogens (tertiary/aromatic N) is 1. The van der Waals surface area contributed by atoms with Crippen molar-refractivity contribution in [2.24, 2.45) is 5.92 Å². The molecule has 0 unspecified atom stereocenters. The van der Waals surface area contributed by atoms with Crippen molar-refractivity contribution in [1.29, 1.82) is 0 Å². The first-order valence-electron chi connectivity index (χ1n) is 8.28. The third-order valence-corrected chi connectivity index (χ3v) is 4.38. The fraction of sp³-hybridized carbons (Fsp3) is 0.250. The smallest absolute Gasteiger partial charge is 0.316 e. The molecular formula is C20H19NO4. The van der Waals surface area contributed by atoms with Gasteiger partial charge in [-0.15, -0.1) is 0 Å². The van der Waals surface area contributed by atoms with E-state index in [0.29, 0.717) is 11.8 Å². The fourth-order valence-corrected chi connectivity index (χ4v) is 3.03. The maximum atomic E-state index is 12.4. The van der Waals surface area contributed by atoms with Crippen molar-refractivity contribution >= 4 is 23.9 Å². The van der Waals surface area contributed by atoms with Crippen LogP contribution in [0.5, 0.6) is 5.75 Å². The number of para-hydroxylation sites is 2. The third kappa shape index (κ3) is 3.45. The molecule has 0 aromatic heterocycles. The van der Waals surface area contributed by atoms with Crippen molar-refractivity contribution in [2.75, 3.05) is 11.4 Å². The Hall–Kier alpha value is -2.95. The minimum absolute atomic E-state index is 0.0912. The molecule has 3 rings (SSSR count). The zero-order valence-corrected chi connectivity index (χ0v) is 14.0. The van der Waals surface area contributed by atoms with Crippen molar-refractivity contribution in [1.82, 2.24) is 0 Å². The zero-order chi connectivity index (χ0) is 17.8. The summed E-state index contributed by atoms with van der Waals surface area (Å²) in [5, 5.41) is 0. The van der Waals surface area contributed by atoms with Crippen molar-refractivity contribution in [2.45, 2.75) is 19.8 Å². The molecule has 0 spiro atoms. The molecule has 1 aliphatic heterocycles. The van der Waals surface area contributed by atoms with Crippen molar-refractivity contribution < 1.29 is 19.1 Å². The van der Waals surface area contributed by atoms with Crippen LogP contribution in [0.15, 0.2) is 48.5 Å². The van der Waals surface area contributed by atoms with E-state index in [0.717, 1.165) is 17.7 Å². The molecule has 2 aromatic rings. The van der Waals surface area contributed by atoms with Crippen LogP contribution in [-0.2, 0) is 16.0 Å².